The van der Waals surface area contributed by atoms with Gasteiger partial charge in [0.15, 0.2) is 12.1 Å². The number of nitrogens with one attached hydrogen (secondary N) is 1. The molecule has 10 heteroatoms. The van der Waals surface area contributed by atoms with Crippen LogP contribution in [0.15, 0.2) is 48.5 Å². The van der Waals surface area contributed by atoms with Crippen LogP contribution in [0.25, 0.3) is 0 Å². The van der Waals surface area contributed by atoms with Gasteiger partial charge in [0.05, 0.1) is 32.0 Å². The Balaban J connectivity index is 1.27. The number of aliphatic carboxylic acids is 1. The van der Waals surface area contributed by atoms with E-state index < -0.39 is 18.0 Å². The summed E-state index contributed by atoms with van der Waals surface area (Å²) in [6.45, 7) is 3.78. The van der Waals surface area contributed by atoms with Crippen LogP contribution in [0.1, 0.15) is 67.6 Å². The summed E-state index contributed by atoms with van der Waals surface area (Å²) in [4.78, 5) is 25.5. The number of hydrogen-bond donors (Lipinski definition) is 3. The molecule has 3 fully saturated rings. The summed E-state index contributed by atoms with van der Waals surface area (Å²) in [5.74, 6) is -1.58. The SMILES string of the molecule is O=C(O)CCCC(=O)Nc1cccc([C@H]2O[C@@H](CN3CCC4(CC3)OCCO4)C[C@@H](c3ccc(CO)cc3)O2)c1. The van der Waals surface area contributed by atoms with Crippen molar-refractivity contribution in [3.05, 3.63) is 65.2 Å². The first-order valence-corrected chi connectivity index (χ1v) is 14.0. The maximum absolute atomic E-state index is 12.3. The standard InChI is InChI=1S/C30H38N2O8/c33-20-21-7-9-22(10-8-21)26-18-25(19-32-13-11-30(12-14-32)37-15-16-38-30)39-29(40-26)23-3-1-4-24(17-23)31-27(34)5-2-6-28(35)36/h1,3-4,7-10,17,25-26,29,33H,2,5-6,11-16,18-20H2,(H,31,34)(H,35,36)/t25-,26+,29+/m1/s1. The summed E-state index contributed by atoms with van der Waals surface area (Å²) < 4.78 is 24.7. The number of anilines is 1. The Morgan fingerprint density at radius 3 is 2.42 bits per heavy atom. The molecule has 3 N–H and O–H groups in total. The number of carbonyl (C=O) groups excluding carboxylic acids is 1. The van der Waals surface area contributed by atoms with Crippen LogP contribution >= 0.6 is 0 Å². The predicted octanol–water partition coefficient (Wildman–Crippen LogP) is 3.76. The second kappa shape index (κ2) is 13.2. The molecular formula is C30H38N2O8. The summed E-state index contributed by atoms with van der Waals surface area (Å²) in [6.07, 6.45) is 1.79. The Kier molecular flexibility index (Phi) is 9.46. The number of amides is 1. The molecule has 3 aliphatic rings. The quantitative estimate of drug-likeness (QED) is 0.402. The minimum absolute atomic E-state index is 0.0150. The van der Waals surface area contributed by atoms with Crippen molar-refractivity contribution in [1.29, 1.82) is 0 Å². The van der Waals surface area contributed by atoms with E-state index in [1.807, 2.05) is 42.5 Å². The van der Waals surface area contributed by atoms with Crippen LogP contribution in [-0.2, 0) is 35.1 Å². The first-order chi connectivity index (χ1) is 19.4. The van der Waals surface area contributed by atoms with Crippen LogP contribution in [-0.4, -0.2) is 71.7 Å². The lowest BCUT2D eigenvalue weighted by Crippen LogP contribution is -2.48. The monoisotopic (exact) mass is 554 g/mol. The molecule has 10 nitrogen and oxygen atoms in total. The average Bonchev–Trinajstić information content (AvgIpc) is 3.42. The van der Waals surface area contributed by atoms with Crippen molar-refractivity contribution in [2.75, 3.05) is 38.2 Å². The first kappa shape index (κ1) is 28.7. The molecule has 216 valence electrons. The molecule has 3 atom stereocenters. The number of carbonyl (C=O) groups is 2. The molecule has 0 unspecified atom stereocenters. The van der Waals surface area contributed by atoms with Crippen LogP contribution in [0, 0.1) is 0 Å². The number of benzene rings is 2. The van der Waals surface area contributed by atoms with Crippen molar-refractivity contribution in [3.8, 4) is 0 Å². The summed E-state index contributed by atoms with van der Waals surface area (Å²) in [7, 11) is 0. The third-order valence-electron chi connectivity index (χ3n) is 7.75. The number of hydrogen-bond acceptors (Lipinski definition) is 8. The van der Waals surface area contributed by atoms with Crippen molar-refractivity contribution in [2.24, 2.45) is 0 Å². The van der Waals surface area contributed by atoms with Crippen LogP contribution in [0.3, 0.4) is 0 Å². The second-order valence-corrected chi connectivity index (χ2v) is 10.7. The van der Waals surface area contributed by atoms with Gasteiger partial charge in [-0.15, -0.1) is 0 Å². The smallest absolute Gasteiger partial charge is 0.303 e. The highest BCUT2D eigenvalue weighted by atomic mass is 16.7. The zero-order chi connectivity index (χ0) is 28.0. The molecule has 40 heavy (non-hydrogen) atoms. The van der Waals surface area contributed by atoms with E-state index >= 15 is 0 Å². The predicted molar refractivity (Wildman–Crippen MR) is 145 cm³/mol. The molecule has 0 radical (unpaired) electrons. The zero-order valence-electron chi connectivity index (χ0n) is 22.6. The van der Waals surface area contributed by atoms with Gasteiger partial charge in [-0.1, -0.05) is 36.4 Å². The van der Waals surface area contributed by atoms with Gasteiger partial charge in [0, 0.05) is 63.0 Å². The molecule has 3 saturated heterocycles. The number of nitrogens with zero attached hydrogens (tertiary/aromatic N) is 1. The highest BCUT2D eigenvalue weighted by Crippen LogP contribution is 2.39. The zero-order valence-corrected chi connectivity index (χ0v) is 22.6. The molecule has 3 aliphatic heterocycles. The van der Waals surface area contributed by atoms with Crippen molar-refractivity contribution in [1.82, 2.24) is 4.90 Å². The van der Waals surface area contributed by atoms with Gasteiger partial charge < -0.3 is 39.4 Å². The van der Waals surface area contributed by atoms with Crippen molar-refractivity contribution >= 4 is 17.6 Å². The molecular weight excluding hydrogens is 516 g/mol. The highest BCUT2D eigenvalue weighted by Gasteiger charge is 2.41. The van der Waals surface area contributed by atoms with Gasteiger partial charge in [0.1, 0.15) is 0 Å². The lowest BCUT2D eigenvalue weighted by molar-refractivity contribution is -0.255. The number of carboxylic acids is 1. The molecule has 1 amide bonds. The molecule has 2 aromatic rings. The number of ether oxygens (including phenoxy) is 4. The van der Waals surface area contributed by atoms with Gasteiger partial charge >= 0.3 is 5.97 Å². The van der Waals surface area contributed by atoms with E-state index in [1.54, 1.807) is 6.07 Å². The van der Waals surface area contributed by atoms with Gasteiger partial charge in [-0.25, -0.2) is 0 Å². The van der Waals surface area contributed by atoms with Crippen molar-refractivity contribution < 1.29 is 38.7 Å². The number of likely N-dealkylation sites (tertiary alicyclic amines) is 1. The van der Waals surface area contributed by atoms with Gasteiger partial charge in [0.25, 0.3) is 0 Å². The topological polar surface area (TPSA) is 127 Å². The van der Waals surface area contributed by atoms with Gasteiger partial charge in [-0.3, -0.25) is 9.59 Å². The van der Waals surface area contributed by atoms with E-state index in [2.05, 4.69) is 10.2 Å². The minimum Gasteiger partial charge on any atom is -0.481 e. The van der Waals surface area contributed by atoms with Gasteiger partial charge in [-0.2, -0.15) is 0 Å². The van der Waals surface area contributed by atoms with Crippen molar-refractivity contribution in [2.45, 2.75) is 69.4 Å². The average molecular weight is 555 g/mol. The first-order valence-electron chi connectivity index (χ1n) is 14.0. The van der Waals surface area contributed by atoms with E-state index in [9.17, 15) is 14.7 Å². The van der Waals surface area contributed by atoms with Crippen LogP contribution in [0.2, 0.25) is 0 Å². The second-order valence-electron chi connectivity index (χ2n) is 10.7. The fourth-order valence-corrected chi connectivity index (χ4v) is 5.57. The summed E-state index contributed by atoms with van der Waals surface area (Å²) in [6, 6.07) is 15.2. The molecule has 1 spiro atoms. The Morgan fingerprint density at radius 1 is 0.975 bits per heavy atom. The van der Waals surface area contributed by atoms with Crippen LogP contribution < -0.4 is 5.32 Å². The Bertz CT molecular complexity index is 1140. The minimum atomic E-state index is -0.916. The van der Waals surface area contributed by atoms with Gasteiger partial charge in [0.2, 0.25) is 5.91 Å². The van der Waals surface area contributed by atoms with E-state index in [0.717, 1.165) is 49.2 Å². The number of aliphatic hydroxyl groups is 1. The maximum Gasteiger partial charge on any atom is 0.303 e. The fraction of sp³-hybridized carbons (Fsp3) is 0.533. The molecule has 3 heterocycles. The van der Waals surface area contributed by atoms with Crippen LogP contribution in [0.4, 0.5) is 5.69 Å². The Labute approximate surface area is 234 Å². The third kappa shape index (κ3) is 7.45. The molecule has 0 aromatic heterocycles. The fourth-order valence-electron chi connectivity index (χ4n) is 5.57. The summed E-state index contributed by atoms with van der Waals surface area (Å²) in [5, 5.41) is 21.1. The maximum atomic E-state index is 12.3. The van der Waals surface area contributed by atoms with E-state index in [4.69, 9.17) is 24.1 Å². The summed E-state index contributed by atoms with van der Waals surface area (Å²) in [5.41, 5.74) is 3.25. The Hall–Kier alpha value is -2.86. The third-order valence-corrected chi connectivity index (χ3v) is 7.75. The lowest BCUT2D eigenvalue weighted by atomic mass is 9.98. The van der Waals surface area contributed by atoms with Crippen LogP contribution in [0.5, 0.6) is 0 Å². The van der Waals surface area contributed by atoms with E-state index in [1.165, 1.54) is 0 Å². The number of carboxylic acid groups (broad SMARTS) is 1. The van der Waals surface area contributed by atoms with E-state index in [-0.39, 0.29) is 44.0 Å². The molecule has 2 aromatic carbocycles. The molecule has 0 aliphatic carbocycles. The van der Waals surface area contributed by atoms with Crippen molar-refractivity contribution in [3.63, 3.8) is 0 Å². The largest absolute Gasteiger partial charge is 0.481 e. The van der Waals surface area contributed by atoms with Gasteiger partial charge in [-0.05, 0) is 29.7 Å². The molecule has 5 rings (SSSR count). The lowest BCUT2D eigenvalue weighted by Gasteiger charge is -2.41. The number of piperidine rings is 1. The molecule has 0 bridgehead atoms. The highest BCUT2D eigenvalue weighted by molar-refractivity contribution is 5.90. The summed E-state index contributed by atoms with van der Waals surface area (Å²) >= 11 is 0. The normalized spacial score (nSPS) is 24.7. The Morgan fingerprint density at radius 2 is 1.73 bits per heavy atom. The molecule has 0 saturated carbocycles. The number of rotatable bonds is 10. The van der Waals surface area contributed by atoms with E-state index in [0.29, 0.717) is 25.3 Å². The number of aliphatic hydroxyl groups excluding tert-OH is 1.